The van der Waals surface area contributed by atoms with Crippen LogP contribution in [-0.4, -0.2) is 83.3 Å². The van der Waals surface area contributed by atoms with Gasteiger partial charge < -0.3 is 44.0 Å². The van der Waals surface area contributed by atoms with Gasteiger partial charge in [0, 0.05) is 6.42 Å². The maximum atomic E-state index is 13.0. The molecule has 0 aliphatic heterocycles. The quantitative estimate of drug-likeness (QED) is 0.0795. The molecule has 0 heterocycles. The average Bonchev–Trinajstić information content (AvgIpc) is 2.77. The Morgan fingerprint density at radius 3 is 1.83 bits per heavy atom. The molecule has 0 fully saturated rings. The second-order valence-electron chi connectivity index (χ2n) is 7.87. The van der Waals surface area contributed by atoms with Gasteiger partial charge in [0.15, 0.2) is 0 Å². The van der Waals surface area contributed by atoms with Crippen LogP contribution in [0, 0.1) is 0 Å². The molecule has 0 rings (SSSR count). The number of thioether (sulfide) groups is 1. The van der Waals surface area contributed by atoms with E-state index in [1.807, 2.05) is 0 Å². The largest absolute Gasteiger partial charge is 0.480 e. The molecule has 12 N–H and O–H groups in total. The van der Waals surface area contributed by atoms with Crippen LogP contribution in [0.5, 0.6) is 0 Å². The van der Waals surface area contributed by atoms with Crippen LogP contribution in [0.4, 0.5) is 0 Å². The van der Waals surface area contributed by atoms with Crippen LogP contribution in [0.25, 0.3) is 0 Å². The van der Waals surface area contributed by atoms with E-state index in [1.165, 1.54) is 11.8 Å². The van der Waals surface area contributed by atoms with Gasteiger partial charge in [-0.1, -0.05) is 0 Å². The van der Waals surface area contributed by atoms with Crippen molar-refractivity contribution < 1.29 is 33.9 Å². The summed E-state index contributed by atoms with van der Waals surface area (Å²) in [4.78, 5) is 71.8. The fourth-order valence-electron chi connectivity index (χ4n) is 2.94. The predicted molar refractivity (Wildman–Crippen MR) is 130 cm³/mol. The van der Waals surface area contributed by atoms with Crippen molar-refractivity contribution in [3.05, 3.63) is 0 Å². The molecule has 35 heavy (non-hydrogen) atoms. The van der Waals surface area contributed by atoms with Crippen LogP contribution in [0.1, 0.15) is 44.9 Å². The van der Waals surface area contributed by atoms with E-state index >= 15 is 0 Å². The number of carbonyl (C=O) groups excluding carboxylic acids is 5. The van der Waals surface area contributed by atoms with Gasteiger partial charge in [0.25, 0.3) is 0 Å². The van der Waals surface area contributed by atoms with Crippen molar-refractivity contribution in [3.8, 4) is 0 Å². The number of carboxylic acid groups (broad SMARTS) is 1. The Hall–Kier alpha value is -2.91. The maximum absolute atomic E-state index is 13.0. The number of amides is 5. The summed E-state index contributed by atoms with van der Waals surface area (Å²) < 4.78 is 0. The topological polar surface area (TPSA) is 263 Å². The fraction of sp³-hybridized carbons (Fsp3) is 0.700. The summed E-state index contributed by atoms with van der Waals surface area (Å²) in [5, 5.41) is 16.6. The van der Waals surface area contributed by atoms with E-state index < -0.39 is 66.1 Å². The molecule has 0 saturated heterocycles. The van der Waals surface area contributed by atoms with Crippen LogP contribution >= 0.6 is 11.8 Å². The Balaban J connectivity index is 5.55. The maximum Gasteiger partial charge on any atom is 0.326 e. The molecule has 0 aliphatic rings. The van der Waals surface area contributed by atoms with E-state index in [0.717, 1.165) is 0 Å². The Morgan fingerprint density at radius 1 is 0.800 bits per heavy atom. The highest BCUT2D eigenvalue weighted by atomic mass is 32.2. The Kier molecular flexibility index (Phi) is 16.1. The van der Waals surface area contributed by atoms with E-state index in [2.05, 4.69) is 16.0 Å². The van der Waals surface area contributed by atoms with Crippen molar-refractivity contribution in [3.63, 3.8) is 0 Å². The first-order valence-electron chi connectivity index (χ1n) is 11.1. The Morgan fingerprint density at radius 2 is 1.34 bits per heavy atom. The minimum Gasteiger partial charge on any atom is -0.480 e. The van der Waals surface area contributed by atoms with Gasteiger partial charge in [0.1, 0.15) is 18.1 Å². The highest BCUT2D eigenvalue weighted by molar-refractivity contribution is 7.98. The number of nitrogens with two attached hydrogens (primary N) is 4. The fourth-order valence-corrected chi connectivity index (χ4v) is 3.41. The van der Waals surface area contributed by atoms with Crippen LogP contribution in [0.2, 0.25) is 0 Å². The van der Waals surface area contributed by atoms with E-state index in [4.69, 9.17) is 22.9 Å². The predicted octanol–water partition coefficient (Wildman–Crippen LogP) is -3.12. The molecule has 200 valence electrons. The molecule has 0 saturated carbocycles. The van der Waals surface area contributed by atoms with Crippen LogP contribution in [-0.2, 0) is 28.8 Å². The molecular weight excluding hydrogens is 482 g/mol. The molecule has 0 aliphatic carbocycles. The van der Waals surface area contributed by atoms with Gasteiger partial charge in [-0.25, -0.2) is 4.79 Å². The van der Waals surface area contributed by atoms with Gasteiger partial charge >= 0.3 is 5.97 Å². The second kappa shape index (κ2) is 17.5. The second-order valence-corrected chi connectivity index (χ2v) is 8.86. The zero-order chi connectivity index (χ0) is 27.0. The molecule has 0 radical (unpaired) electrons. The third-order valence-corrected chi connectivity index (χ3v) is 5.52. The van der Waals surface area contributed by atoms with Gasteiger partial charge in [-0.15, -0.1) is 0 Å². The summed E-state index contributed by atoms with van der Waals surface area (Å²) in [6.45, 7) is 0.347. The normalized spacial score (nSPS) is 14.1. The summed E-state index contributed by atoms with van der Waals surface area (Å²) in [6, 6.07) is -4.91. The summed E-state index contributed by atoms with van der Waals surface area (Å²) >= 11 is 1.40. The summed E-state index contributed by atoms with van der Waals surface area (Å²) in [7, 11) is 0. The molecule has 0 spiro atoms. The molecule has 0 aromatic rings. The number of unbranched alkanes of at least 4 members (excludes halogenated alkanes) is 1. The summed E-state index contributed by atoms with van der Waals surface area (Å²) in [6.07, 6.45) is 2.20. The number of hydrogen-bond donors (Lipinski definition) is 8. The lowest BCUT2D eigenvalue weighted by molar-refractivity contribution is -0.142. The van der Waals surface area contributed by atoms with Gasteiger partial charge in [-0.05, 0) is 50.7 Å². The highest BCUT2D eigenvalue weighted by Gasteiger charge is 2.30. The number of hydrogen-bond acceptors (Lipinski definition) is 9. The van der Waals surface area contributed by atoms with Crippen LogP contribution < -0.4 is 38.9 Å². The molecule has 5 amide bonds. The van der Waals surface area contributed by atoms with E-state index in [9.17, 15) is 33.9 Å². The molecular formula is C20H37N7O7S. The first-order valence-corrected chi connectivity index (χ1v) is 12.5. The van der Waals surface area contributed by atoms with Crippen molar-refractivity contribution in [2.45, 2.75) is 69.1 Å². The van der Waals surface area contributed by atoms with Crippen molar-refractivity contribution in [2.75, 3.05) is 18.6 Å². The molecule has 0 aromatic heterocycles. The lowest BCUT2D eigenvalue weighted by atomic mass is 10.0. The lowest BCUT2D eigenvalue weighted by Crippen LogP contribution is -2.57. The van der Waals surface area contributed by atoms with Gasteiger partial charge in [0.2, 0.25) is 29.5 Å². The average molecular weight is 520 g/mol. The summed E-state index contributed by atoms with van der Waals surface area (Å²) in [5.41, 5.74) is 21.3. The minimum atomic E-state index is -1.29. The molecule has 0 aromatic carbocycles. The third-order valence-electron chi connectivity index (χ3n) is 4.88. The standard InChI is InChI=1S/C20H37N7O7S/c1-35-9-7-14(20(33)34)27-19(32)13(5-6-15(23)28)26-18(31)12(4-2-3-8-21)25-17(30)11(22)10-16(24)29/h11-14H,2-10,21-22H2,1H3,(H2,23,28)(H2,24,29)(H,25,30)(H,26,31)(H,27,32)(H,33,34). The molecule has 15 heteroatoms. The lowest BCUT2D eigenvalue weighted by Gasteiger charge is -2.25. The molecule has 4 unspecified atom stereocenters. The number of carboxylic acids is 1. The van der Waals surface area contributed by atoms with E-state index in [-0.39, 0.29) is 25.7 Å². The van der Waals surface area contributed by atoms with Crippen molar-refractivity contribution in [2.24, 2.45) is 22.9 Å². The molecule has 4 atom stereocenters. The number of carbonyl (C=O) groups is 6. The Bertz CT molecular complexity index is 753. The number of aliphatic carboxylic acids is 1. The third kappa shape index (κ3) is 14.2. The van der Waals surface area contributed by atoms with Crippen molar-refractivity contribution in [1.82, 2.24) is 16.0 Å². The van der Waals surface area contributed by atoms with E-state index in [1.54, 1.807) is 6.26 Å². The zero-order valence-corrected chi connectivity index (χ0v) is 20.6. The van der Waals surface area contributed by atoms with Gasteiger partial charge in [-0.2, -0.15) is 11.8 Å². The minimum absolute atomic E-state index is 0.147. The molecule has 0 bridgehead atoms. The Labute approximate surface area is 208 Å². The zero-order valence-electron chi connectivity index (χ0n) is 19.8. The van der Waals surface area contributed by atoms with Gasteiger partial charge in [0.05, 0.1) is 12.5 Å². The van der Waals surface area contributed by atoms with E-state index in [0.29, 0.717) is 25.1 Å². The SMILES string of the molecule is CSCCC(NC(=O)C(CCC(N)=O)NC(=O)C(CCCCN)NC(=O)C(N)CC(N)=O)C(=O)O. The first-order chi connectivity index (χ1) is 16.4. The molecule has 14 nitrogen and oxygen atoms in total. The summed E-state index contributed by atoms with van der Waals surface area (Å²) in [5.74, 6) is -4.67. The van der Waals surface area contributed by atoms with Crippen LogP contribution in [0.3, 0.4) is 0 Å². The van der Waals surface area contributed by atoms with Crippen LogP contribution in [0.15, 0.2) is 0 Å². The van der Waals surface area contributed by atoms with Crippen molar-refractivity contribution >= 4 is 47.3 Å². The number of rotatable bonds is 19. The van der Waals surface area contributed by atoms with Crippen molar-refractivity contribution in [1.29, 1.82) is 0 Å². The number of primary amides is 2. The smallest absolute Gasteiger partial charge is 0.326 e. The number of nitrogens with one attached hydrogen (secondary N) is 3. The highest BCUT2D eigenvalue weighted by Crippen LogP contribution is 2.07. The monoisotopic (exact) mass is 519 g/mol. The van der Waals surface area contributed by atoms with Gasteiger partial charge in [-0.3, -0.25) is 24.0 Å². The first kappa shape index (κ1) is 32.1.